The summed E-state index contributed by atoms with van der Waals surface area (Å²) in [5, 5.41) is 2.99. The van der Waals surface area contributed by atoms with Crippen molar-refractivity contribution < 1.29 is 14.3 Å². The summed E-state index contributed by atoms with van der Waals surface area (Å²) in [5.74, 6) is -0.127. The van der Waals surface area contributed by atoms with Gasteiger partial charge in [-0.15, -0.1) is 0 Å². The van der Waals surface area contributed by atoms with E-state index in [9.17, 15) is 9.59 Å². The second kappa shape index (κ2) is 8.28. The number of nitrogens with zero attached hydrogens (tertiary/aromatic N) is 2. The van der Waals surface area contributed by atoms with E-state index in [4.69, 9.17) is 4.74 Å². The first-order valence-electron chi connectivity index (χ1n) is 8.39. The molecular formula is C19H21N3O3. The van der Waals surface area contributed by atoms with Crippen LogP contribution in [0.1, 0.15) is 28.8 Å². The van der Waals surface area contributed by atoms with Gasteiger partial charge in [0.15, 0.2) is 0 Å². The second-order valence-corrected chi connectivity index (χ2v) is 6.02. The molecular weight excluding hydrogens is 318 g/mol. The molecule has 0 unspecified atom stereocenters. The van der Waals surface area contributed by atoms with Crippen LogP contribution in [-0.4, -0.2) is 41.0 Å². The fourth-order valence-corrected chi connectivity index (χ4v) is 2.78. The average molecular weight is 339 g/mol. The zero-order chi connectivity index (χ0) is 17.5. The molecule has 0 saturated carbocycles. The molecule has 0 aliphatic carbocycles. The maximum Gasteiger partial charge on any atom is 0.410 e. The molecule has 1 fully saturated rings. The van der Waals surface area contributed by atoms with Crippen LogP contribution in [0.3, 0.4) is 0 Å². The highest BCUT2D eigenvalue weighted by molar-refractivity contribution is 5.94. The van der Waals surface area contributed by atoms with E-state index in [1.807, 2.05) is 30.3 Å². The highest BCUT2D eigenvalue weighted by Crippen LogP contribution is 2.13. The summed E-state index contributed by atoms with van der Waals surface area (Å²) in [5.41, 5.74) is 1.52. The molecule has 3 rings (SSSR count). The van der Waals surface area contributed by atoms with Crippen molar-refractivity contribution in [1.82, 2.24) is 15.2 Å². The van der Waals surface area contributed by atoms with Crippen LogP contribution in [0, 0.1) is 0 Å². The van der Waals surface area contributed by atoms with Crippen LogP contribution in [0.25, 0.3) is 0 Å². The Balaban J connectivity index is 1.42. The van der Waals surface area contributed by atoms with E-state index in [0.717, 1.165) is 5.56 Å². The molecule has 1 aliphatic heterocycles. The molecule has 6 heteroatoms. The lowest BCUT2D eigenvalue weighted by molar-refractivity contribution is 0.0809. The summed E-state index contributed by atoms with van der Waals surface area (Å²) in [7, 11) is 0. The molecule has 0 atom stereocenters. The van der Waals surface area contributed by atoms with E-state index < -0.39 is 0 Å². The number of pyridine rings is 1. The summed E-state index contributed by atoms with van der Waals surface area (Å²) in [6.45, 7) is 1.43. The number of aromatic nitrogens is 1. The van der Waals surface area contributed by atoms with Gasteiger partial charge in [-0.1, -0.05) is 30.3 Å². The van der Waals surface area contributed by atoms with Crippen molar-refractivity contribution in [1.29, 1.82) is 0 Å². The number of carbonyl (C=O) groups is 2. The van der Waals surface area contributed by atoms with Crippen molar-refractivity contribution in [3.8, 4) is 0 Å². The Labute approximate surface area is 146 Å². The first-order chi connectivity index (χ1) is 12.2. The summed E-state index contributed by atoms with van der Waals surface area (Å²) in [4.78, 5) is 29.9. The molecule has 0 spiro atoms. The summed E-state index contributed by atoms with van der Waals surface area (Å²) in [6, 6.07) is 13.1. The number of amides is 2. The molecule has 2 aromatic rings. The van der Waals surface area contributed by atoms with Gasteiger partial charge in [0.05, 0.1) is 5.56 Å². The van der Waals surface area contributed by atoms with Gasteiger partial charge in [-0.2, -0.15) is 0 Å². The van der Waals surface area contributed by atoms with E-state index in [0.29, 0.717) is 31.5 Å². The Kier molecular flexibility index (Phi) is 5.61. The van der Waals surface area contributed by atoms with E-state index in [2.05, 4.69) is 10.3 Å². The van der Waals surface area contributed by atoms with Crippen molar-refractivity contribution >= 4 is 12.0 Å². The molecule has 6 nitrogen and oxygen atoms in total. The number of likely N-dealkylation sites (tertiary alicyclic amines) is 1. The summed E-state index contributed by atoms with van der Waals surface area (Å²) in [6.07, 6.45) is 4.31. The van der Waals surface area contributed by atoms with Gasteiger partial charge in [0.2, 0.25) is 0 Å². The Bertz CT molecular complexity index is 698. The van der Waals surface area contributed by atoms with Gasteiger partial charge in [-0.05, 0) is 30.5 Å². The minimum absolute atomic E-state index is 0.0610. The Morgan fingerprint density at radius 2 is 1.88 bits per heavy atom. The van der Waals surface area contributed by atoms with Crippen molar-refractivity contribution in [2.45, 2.75) is 25.5 Å². The lowest BCUT2D eigenvalue weighted by atomic mass is 10.0. The third-order valence-corrected chi connectivity index (χ3v) is 4.22. The summed E-state index contributed by atoms with van der Waals surface area (Å²) >= 11 is 0. The van der Waals surface area contributed by atoms with Crippen LogP contribution in [0.4, 0.5) is 4.79 Å². The zero-order valence-corrected chi connectivity index (χ0v) is 13.9. The van der Waals surface area contributed by atoms with Crippen molar-refractivity contribution in [2.75, 3.05) is 13.1 Å². The maximum absolute atomic E-state index is 12.1. The topological polar surface area (TPSA) is 71.5 Å². The first-order valence-corrected chi connectivity index (χ1v) is 8.39. The lowest BCUT2D eigenvalue weighted by Crippen LogP contribution is -2.46. The van der Waals surface area contributed by atoms with Gasteiger partial charge >= 0.3 is 6.09 Å². The second-order valence-electron chi connectivity index (χ2n) is 6.02. The monoisotopic (exact) mass is 339 g/mol. The van der Waals surface area contributed by atoms with Crippen LogP contribution in [-0.2, 0) is 11.3 Å². The van der Waals surface area contributed by atoms with Crippen molar-refractivity contribution in [3.63, 3.8) is 0 Å². The molecule has 25 heavy (non-hydrogen) atoms. The quantitative estimate of drug-likeness (QED) is 0.929. The fourth-order valence-electron chi connectivity index (χ4n) is 2.78. The van der Waals surface area contributed by atoms with Gasteiger partial charge < -0.3 is 15.0 Å². The van der Waals surface area contributed by atoms with E-state index >= 15 is 0 Å². The molecule has 1 aromatic carbocycles. The van der Waals surface area contributed by atoms with Gasteiger partial charge in [-0.3, -0.25) is 9.78 Å². The fraction of sp³-hybridized carbons (Fsp3) is 0.316. The lowest BCUT2D eigenvalue weighted by Gasteiger charge is -2.31. The molecule has 130 valence electrons. The number of piperidine rings is 1. The number of carbonyl (C=O) groups excluding carboxylic acids is 2. The number of rotatable bonds is 4. The maximum atomic E-state index is 12.1. The molecule has 0 bridgehead atoms. The van der Waals surface area contributed by atoms with Crippen molar-refractivity contribution in [3.05, 3.63) is 66.0 Å². The normalized spacial score (nSPS) is 14.8. The molecule has 1 N–H and O–H groups in total. The zero-order valence-electron chi connectivity index (χ0n) is 13.9. The highest BCUT2D eigenvalue weighted by Gasteiger charge is 2.25. The largest absolute Gasteiger partial charge is 0.445 e. The molecule has 1 aromatic heterocycles. The Morgan fingerprint density at radius 3 is 2.56 bits per heavy atom. The van der Waals surface area contributed by atoms with Crippen LogP contribution < -0.4 is 5.32 Å². The predicted molar refractivity (Wildman–Crippen MR) is 92.9 cm³/mol. The SMILES string of the molecule is O=C(NC1CCN(C(=O)OCc2ccccc2)CC1)c1cccnc1. The third-order valence-electron chi connectivity index (χ3n) is 4.22. The Morgan fingerprint density at radius 1 is 1.12 bits per heavy atom. The van der Waals surface area contributed by atoms with Crippen molar-refractivity contribution in [2.24, 2.45) is 0 Å². The number of benzene rings is 1. The summed E-state index contributed by atoms with van der Waals surface area (Å²) < 4.78 is 5.34. The smallest absolute Gasteiger partial charge is 0.410 e. The van der Waals surface area contributed by atoms with Crippen LogP contribution in [0.15, 0.2) is 54.9 Å². The predicted octanol–water partition coefficient (Wildman–Crippen LogP) is 2.61. The van der Waals surface area contributed by atoms with Crippen LogP contribution in [0.2, 0.25) is 0 Å². The molecule has 2 heterocycles. The average Bonchev–Trinajstić information content (AvgIpc) is 2.68. The Hall–Kier alpha value is -2.89. The highest BCUT2D eigenvalue weighted by atomic mass is 16.6. The molecule has 2 amide bonds. The van der Waals surface area contributed by atoms with E-state index in [1.54, 1.807) is 29.4 Å². The standard InChI is InChI=1S/C19H21N3O3/c23-18(16-7-4-10-20-13-16)21-17-8-11-22(12-9-17)19(24)25-14-15-5-2-1-3-6-15/h1-7,10,13,17H,8-9,11-12,14H2,(H,21,23). The van der Waals surface area contributed by atoms with E-state index in [1.165, 1.54) is 0 Å². The molecule has 1 aliphatic rings. The van der Waals surface area contributed by atoms with Gasteiger partial charge in [0.25, 0.3) is 5.91 Å². The first kappa shape index (κ1) is 17.0. The minimum atomic E-state index is -0.305. The van der Waals surface area contributed by atoms with Gasteiger partial charge in [-0.25, -0.2) is 4.79 Å². The molecule has 1 saturated heterocycles. The van der Waals surface area contributed by atoms with Crippen LogP contribution in [0.5, 0.6) is 0 Å². The van der Waals surface area contributed by atoms with E-state index in [-0.39, 0.29) is 24.6 Å². The minimum Gasteiger partial charge on any atom is -0.445 e. The number of ether oxygens (including phenoxy) is 1. The van der Waals surface area contributed by atoms with Gasteiger partial charge in [0, 0.05) is 31.5 Å². The number of hydrogen-bond donors (Lipinski definition) is 1. The van der Waals surface area contributed by atoms with Crippen LogP contribution >= 0.6 is 0 Å². The molecule has 0 radical (unpaired) electrons. The third kappa shape index (κ3) is 4.79. The number of hydrogen-bond acceptors (Lipinski definition) is 4. The van der Waals surface area contributed by atoms with Gasteiger partial charge in [0.1, 0.15) is 6.61 Å². The number of nitrogens with one attached hydrogen (secondary N) is 1.